The normalized spacial score (nSPS) is 15.9. The lowest BCUT2D eigenvalue weighted by molar-refractivity contribution is 0.00529. The van der Waals surface area contributed by atoms with Gasteiger partial charge < -0.3 is 23.7 Å². The largest absolute Gasteiger partial charge is 0.486 e. The van der Waals surface area contributed by atoms with Gasteiger partial charge in [0.1, 0.15) is 23.8 Å². The van der Waals surface area contributed by atoms with Crippen LogP contribution in [0.15, 0.2) is 53.0 Å². The van der Waals surface area contributed by atoms with E-state index in [0.717, 1.165) is 53.2 Å². The molecule has 4 aromatic rings. The van der Waals surface area contributed by atoms with Gasteiger partial charge in [-0.05, 0) is 45.7 Å². The van der Waals surface area contributed by atoms with Gasteiger partial charge in [-0.15, -0.1) is 11.3 Å². The monoisotopic (exact) mass is 604 g/mol. The molecule has 0 saturated carbocycles. The molecule has 43 heavy (non-hydrogen) atoms. The third-order valence-electron chi connectivity index (χ3n) is 7.60. The third kappa shape index (κ3) is 6.80. The van der Waals surface area contributed by atoms with Crippen molar-refractivity contribution in [3.05, 3.63) is 64.3 Å². The Balaban J connectivity index is 1.13. The Bertz CT molecular complexity index is 1640. The molecule has 2 aliphatic heterocycles. The molecule has 12 heteroatoms. The number of carbonyl (C=O) groups excluding carboxylic acids is 1. The van der Waals surface area contributed by atoms with Gasteiger partial charge in [-0.25, -0.2) is 9.78 Å². The Morgan fingerprint density at radius 2 is 1.84 bits per heavy atom. The number of likely N-dealkylation sites (tertiary alicyclic amines) is 1. The van der Waals surface area contributed by atoms with Crippen LogP contribution in [0.4, 0.5) is 4.79 Å². The number of carbonyl (C=O) groups is 1. The fraction of sp³-hybridized carbons (Fsp3) is 0.452. The van der Waals surface area contributed by atoms with Crippen LogP contribution >= 0.6 is 11.3 Å². The topological polar surface area (TPSA) is 112 Å². The molecule has 0 spiro atoms. The first-order valence-electron chi connectivity index (χ1n) is 14.6. The molecule has 0 atom stereocenters. The van der Waals surface area contributed by atoms with Gasteiger partial charge in [0.15, 0.2) is 11.5 Å². The van der Waals surface area contributed by atoms with Gasteiger partial charge in [-0.1, -0.05) is 0 Å². The summed E-state index contributed by atoms with van der Waals surface area (Å²) in [4.78, 5) is 43.9. The predicted octanol–water partition coefficient (Wildman–Crippen LogP) is 4.59. The van der Waals surface area contributed by atoms with Crippen molar-refractivity contribution in [2.75, 3.05) is 32.8 Å². The number of hydrogen-bond donors (Lipinski definition) is 0. The second-order valence-electron chi connectivity index (χ2n) is 11.8. The molecular weight excluding hydrogens is 568 g/mol. The maximum atomic E-state index is 13.4. The van der Waals surface area contributed by atoms with Gasteiger partial charge in [0.05, 0.1) is 29.5 Å². The summed E-state index contributed by atoms with van der Waals surface area (Å²) in [5, 5.41) is 2.80. The molecule has 11 nitrogen and oxygen atoms in total. The molecule has 1 saturated heterocycles. The highest BCUT2D eigenvalue weighted by Crippen LogP contribution is 2.31. The number of aromatic nitrogens is 4. The molecule has 6 heterocycles. The van der Waals surface area contributed by atoms with E-state index >= 15 is 0 Å². The lowest BCUT2D eigenvalue weighted by atomic mass is 10.0. The summed E-state index contributed by atoms with van der Waals surface area (Å²) in [7, 11) is 0. The van der Waals surface area contributed by atoms with Gasteiger partial charge in [0.2, 0.25) is 0 Å². The second-order valence-corrected chi connectivity index (χ2v) is 12.7. The zero-order chi connectivity index (χ0) is 30.0. The van der Waals surface area contributed by atoms with E-state index in [2.05, 4.69) is 19.9 Å². The first-order chi connectivity index (χ1) is 20.7. The summed E-state index contributed by atoms with van der Waals surface area (Å²) < 4.78 is 18.9. The van der Waals surface area contributed by atoms with Crippen LogP contribution in [0.1, 0.15) is 39.3 Å². The van der Waals surface area contributed by atoms with Crippen molar-refractivity contribution in [1.82, 2.24) is 29.3 Å². The third-order valence-corrected chi connectivity index (χ3v) is 8.42. The molecule has 0 unspecified atom stereocenters. The molecule has 0 radical (unpaired) electrons. The van der Waals surface area contributed by atoms with E-state index in [1.165, 1.54) is 0 Å². The smallest absolute Gasteiger partial charge is 0.410 e. The van der Waals surface area contributed by atoms with Crippen LogP contribution in [0.25, 0.3) is 21.6 Å². The SMILES string of the molecule is CC(C)(C)OC(=O)N(Cc1cc2c(cn1)OCCO2)C1CCN(CCn2c(=O)ccc3ncc(-c4nccs4)cc32)CC1. The summed E-state index contributed by atoms with van der Waals surface area (Å²) in [6, 6.07) is 7.19. The summed E-state index contributed by atoms with van der Waals surface area (Å²) in [6.07, 6.45) is 6.44. The van der Waals surface area contributed by atoms with E-state index in [0.29, 0.717) is 44.3 Å². The number of rotatable bonds is 7. The first kappa shape index (κ1) is 29.1. The van der Waals surface area contributed by atoms with E-state index in [9.17, 15) is 9.59 Å². The highest BCUT2D eigenvalue weighted by Gasteiger charge is 2.32. The Labute approximate surface area is 254 Å². The molecule has 226 valence electrons. The molecule has 6 rings (SSSR count). The predicted molar refractivity (Wildman–Crippen MR) is 164 cm³/mol. The zero-order valence-electron chi connectivity index (χ0n) is 24.7. The average Bonchev–Trinajstić information content (AvgIpc) is 3.54. The van der Waals surface area contributed by atoms with Crippen LogP contribution in [-0.4, -0.2) is 79.9 Å². The van der Waals surface area contributed by atoms with Crippen LogP contribution in [-0.2, 0) is 17.8 Å². The Hall–Kier alpha value is -4.03. The number of fused-ring (bicyclic) bond motifs is 2. The van der Waals surface area contributed by atoms with Gasteiger partial charge in [0.25, 0.3) is 5.56 Å². The number of nitrogens with zero attached hydrogens (tertiary/aromatic N) is 6. The minimum atomic E-state index is -0.615. The Morgan fingerprint density at radius 3 is 2.58 bits per heavy atom. The Kier molecular flexibility index (Phi) is 8.31. The Morgan fingerprint density at radius 1 is 1.05 bits per heavy atom. The van der Waals surface area contributed by atoms with Gasteiger partial charge in [0, 0.05) is 67.7 Å². The van der Waals surface area contributed by atoms with Crippen molar-refractivity contribution >= 4 is 28.5 Å². The molecule has 0 bridgehead atoms. The minimum absolute atomic E-state index is 0.00793. The second kappa shape index (κ2) is 12.3. The highest BCUT2D eigenvalue weighted by molar-refractivity contribution is 7.13. The van der Waals surface area contributed by atoms with Crippen LogP contribution in [0.3, 0.4) is 0 Å². The molecule has 1 amide bonds. The highest BCUT2D eigenvalue weighted by atomic mass is 32.1. The van der Waals surface area contributed by atoms with Crippen LogP contribution in [0.2, 0.25) is 0 Å². The maximum Gasteiger partial charge on any atom is 0.410 e. The van der Waals surface area contributed by atoms with E-state index < -0.39 is 5.60 Å². The van der Waals surface area contributed by atoms with Crippen LogP contribution in [0.5, 0.6) is 11.5 Å². The number of pyridine rings is 3. The van der Waals surface area contributed by atoms with E-state index in [1.54, 1.807) is 51.5 Å². The maximum absolute atomic E-state index is 13.4. The van der Waals surface area contributed by atoms with E-state index in [4.69, 9.17) is 14.2 Å². The van der Waals surface area contributed by atoms with Gasteiger partial charge >= 0.3 is 6.09 Å². The molecule has 1 fully saturated rings. The van der Waals surface area contributed by atoms with Crippen molar-refractivity contribution < 1.29 is 19.0 Å². The summed E-state index contributed by atoms with van der Waals surface area (Å²) in [6.45, 7) is 9.76. The first-order valence-corrected chi connectivity index (χ1v) is 15.5. The van der Waals surface area contributed by atoms with Crippen molar-refractivity contribution in [2.45, 2.75) is 58.3 Å². The van der Waals surface area contributed by atoms with Crippen molar-refractivity contribution in [2.24, 2.45) is 0 Å². The number of ether oxygens (including phenoxy) is 3. The van der Waals surface area contributed by atoms with Gasteiger partial charge in [-0.2, -0.15) is 0 Å². The lowest BCUT2D eigenvalue weighted by Crippen LogP contribution is -2.49. The quantitative estimate of drug-likeness (QED) is 0.299. The number of thiazole rings is 1. The molecule has 0 aromatic carbocycles. The van der Waals surface area contributed by atoms with Crippen molar-refractivity contribution in [3.8, 4) is 22.1 Å². The average molecular weight is 605 g/mol. The standard InChI is InChI=1S/C31H36N6O5S/c1-31(2,3)42-30(39)37(20-22-17-26-27(19-33-22)41-14-13-40-26)23-6-9-35(10-7-23)11-12-36-25-16-21(29-32-8-15-43-29)18-34-24(25)4-5-28(36)38/h4-5,8,15-19,23H,6-7,9-14,20H2,1-3H3. The molecule has 4 aromatic heterocycles. The zero-order valence-corrected chi connectivity index (χ0v) is 25.5. The molecular formula is C31H36N6O5S. The minimum Gasteiger partial charge on any atom is -0.486 e. The van der Waals surface area contributed by atoms with E-state index in [-0.39, 0.29) is 17.7 Å². The summed E-state index contributed by atoms with van der Waals surface area (Å²) in [5.74, 6) is 1.26. The number of amides is 1. The number of hydrogen-bond acceptors (Lipinski definition) is 10. The fourth-order valence-corrected chi connectivity index (χ4v) is 6.11. The summed E-state index contributed by atoms with van der Waals surface area (Å²) in [5.41, 5.74) is 2.54. The van der Waals surface area contributed by atoms with E-state index in [1.807, 2.05) is 38.3 Å². The van der Waals surface area contributed by atoms with Crippen molar-refractivity contribution in [1.29, 1.82) is 0 Å². The summed E-state index contributed by atoms with van der Waals surface area (Å²) >= 11 is 1.54. The van der Waals surface area contributed by atoms with Crippen LogP contribution < -0.4 is 15.0 Å². The number of piperidine rings is 1. The van der Waals surface area contributed by atoms with Crippen LogP contribution in [0, 0.1) is 0 Å². The lowest BCUT2D eigenvalue weighted by Gasteiger charge is -2.39. The molecule has 2 aliphatic rings. The van der Waals surface area contributed by atoms with Crippen molar-refractivity contribution in [3.63, 3.8) is 0 Å². The molecule has 0 aliphatic carbocycles. The van der Waals surface area contributed by atoms with Gasteiger partial charge in [-0.3, -0.25) is 19.7 Å². The molecule has 0 N–H and O–H groups in total. The fourth-order valence-electron chi connectivity index (χ4n) is 5.49.